The number of carbonyl (C=O) groups is 1. The molecule has 0 unspecified atom stereocenters. The summed E-state index contributed by atoms with van der Waals surface area (Å²) < 4.78 is 3.01. The van der Waals surface area contributed by atoms with Crippen molar-refractivity contribution in [3.63, 3.8) is 0 Å². The molecule has 1 N–H and O–H groups in total. The van der Waals surface area contributed by atoms with Crippen LogP contribution in [0, 0.1) is 0 Å². The van der Waals surface area contributed by atoms with E-state index >= 15 is 0 Å². The summed E-state index contributed by atoms with van der Waals surface area (Å²) in [6, 6.07) is 16.0. The Labute approximate surface area is 165 Å². The third-order valence-electron chi connectivity index (χ3n) is 4.68. The van der Waals surface area contributed by atoms with Crippen molar-refractivity contribution in [2.75, 3.05) is 5.32 Å². The highest BCUT2D eigenvalue weighted by atomic mass is 79.9. The van der Waals surface area contributed by atoms with E-state index in [2.05, 4.69) is 26.2 Å². The number of nitrogens with one attached hydrogen (secondary N) is 1. The summed E-state index contributed by atoms with van der Waals surface area (Å²) in [5.41, 5.74) is 1.53. The molecule has 0 radical (unpaired) electrons. The second kappa shape index (κ2) is 6.93. The third kappa shape index (κ3) is 3.44. The molecule has 1 amide bonds. The first kappa shape index (κ1) is 17.4. The van der Waals surface area contributed by atoms with E-state index in [1.54, 1.807) is 18.0 Å². The highest BCUT2D eigenvalue weighted by Crippen LogP contribution is 2.49. The molecule has 1 aliphatic carbocycles. The van der Waals surface area contributed by atoms with E-state index < -0.39 is 0 Å². The zero-order valence-electron chi connectivity index (χ0n) is 14.3. The minimum atomic E-state index is -0.374. The lowest BCUT2D eigenvalue weighted by Crippen LogP contribution is -2.27. The van der Waals surface area contributed by atoms with Gasteiger partial charge in [0.05, 0.1) is 5.41 Å². The summed E-state index contributed by atoms with van der Waals surface area (Å²) in [5, 5.41) is 4.01. The Morgan fingerprint density at radius 2 is 1.85 bits per heavy atom. The SMILES string of the molecule is Cn1ccnc1Sc1ccc(NC(=O)C2(c3ccc(Br)cc3)CC2)cc1. The topological polar surface area (TPSA) is 46.9 Å². The van der Waals surface area contributed by atoms with Crippen molar-refractivity contribution < 1.29 is 4.79 Å². The van der Waals surface area contributed by atoms with Crippen molar-refractivity contribution in [3.8, 4) is 0 Å². The number of hydrogen-bond donors (Lipinski definition) is 1. The first-order chi connectivity index (χ1) is 12.6. The molecule has 0 bridgehead atoms. The summed E-state index contributed by atoms with van der Waals surface area (Å²) in [4.78, 5) is 18.2. The van der Waals surface area contributed by atoms with Gasteiger partial charge in [-0.3, -0.25) is 4.79 Å². The largest absolute Gasteiger partial charge is 0.329 e. The number of anilines is 1. The highest BCUT2D eigenvalue weighted by molar-refractivity contribution is 9.10. The first-order valence-corrected chi connectivity index (χ1v) is 10.0. The van der Waals surface area contributed by atoms with Crippen LogP contribution >= 0.6 is 27.7 Å². The fourth-order valence-electron chi connectivity index (χ4n) is 2.95. The molecule has 1 aromatic heterocycles. The Balaban J connectivity index is 1.45. The van der Waals surface area contributed by atoms with Crippen molar-refractivity contribution in [2.24, 2.45) is 7.05 Å². The number of aryl methyl sites for hydroxylation is 1. The molecule has 3 aromatic rings. The van der Waals surface area contributed by atoms with E-state index in [-0.39, 0.29) is 11.3 Å². The standard InChI is InChI=1S/C20H18BrN3OS/c1-24-13-12-22-19(24)26-17-8-6-16(7-9-17)23-18(25)20(10-11-20)14-2-4-15(21)5-3-14/h2-9,12-13H,10-11H2,1H3,(H,23,25). The Bertz CT molecular complexity index is 930. The van der Waals surface area contributed by atoms with Crippen LogP contribution in [0.1, 0.15) is 18.4 Å². The summed E-state index contributed by atoms with van der Waals surface area (Å²) in [6.45, 7) is 0. The molecule has 1 fully saturated rings. The molecule has 4 nitrogen and oxygen atoms in total. The van der Waals surface area contributed by atoms with Crippen LogP contribution in [0.25, 0.3) is 0 Å². The van der Waals surface area contributed by atoms with Gasteiger partial charge in [-0.2, -0.15) is 0 Å². The van der Waals surface area contributed by atoms with Gasteiger partial charge in [-0.05, 0) is 54.8 Å². The summed E-state index contributed by atoms with van der Waals surface area (Å²) in [7, 11) is 1.97. The van der Waals surface area contributed by atoms with Gasteiger partial charge >= 0.3 is 0 Å². The monoisotopic (exact) mass is 427 g/mol. The molecule has 2 aromatic carbocycles. The van der Waals surface area contributed by atoms with Crippen molar-refractivity contribution in [1.82, 2.24) is 9.55 Å². The lowest BCUT2D eigenvalue weighted by atomic mass is 9.95. The van der Waals surface area contributed by atoms with Crippen LogP contribution in [0.2, 0.25) is 0 Å². The van der Waals surface area contributed by atoms with Gasteiger partial charge in [0, 0.05) is 34.5 Å². The second-order valence-electron chi connectivity index (χ2n) is 6.49. The van der Waals surface area contributed by atoms with Crippen LogP contribution < -0.4 is 5.32 Å². The van der Waals surface area contributed by atoms with E-state index in [1.165, 1.54) is 0 Å². The van der Waals surface area contributed by atoms with Gasteiger partial charge in [-0.25, -0.2) is 4.98 Å². The second-order valence-corrected chi connectivity index (χ2v) is 8.45. The molecule has 0 atom stereocenters. The maximum absolute atomic E-state index is 12.8. The molecule has 0 spiro atoms. The molecule has 1 aliphatic rings. The third-order valence-corrected chi connectivity index (χ3v) is 6.29. The number of benzene rings is 2. The summed E-state index contributed by atoms with van der Waals surface area (Å²) >= 11 is 5.05. The Hall–Kier alpha value is -2.05. The maximum Gasteiger partial charge on any atom is 0.235 e. The quantitative estimate of drug-likeness (QED) is 0.622. The van der Waals surface area contributed by atoms with Crippen LogP contribution in [-0.4, -0.2) is 15.5 Å². The average molecular weight is 428 g/mol. The number of amides is 1. The molecule has 0 saturated heterocycles. The van der Waals surface area contributed by atoms with E-state index in [1.807, 2.05) is 66.3 Å². The lowest BCUT2D eigenvalue weighted by molar-refractivity contribution is -0.118. The van der Waals surface area contributed by atoms with E-state index in [0.29, 0.717) is 0 Å². The van der Waals surface area contributed by atoms with Gasteiger partial charge in [0.1, 0.15) is 0 Å². The minimum Gasteiger partial charge on any atom is -0.329 e. The molecule has 26 heavy (non-hydrogen) atoms. The molecule has 132 valence electrons. The van der Waals surface area contributed by atoms with Crippen LogP contribution in [0.3, 0.4) is 0 Å². The van der Waals surface area contributed by atoms with E-state index in [9.17, 15) is 4.79 Å². The number of imidazole rings is 1. The van der Waals surface area contributed by atoms with Gasteiger partial charge in [0.15, 0.2) is 5.16 Å². The molecule has 1 saturated carbocycles. The van der Waals surface area contributed by atoms with Gasteiger partial charge in [-0.1, -0.05) is 39.8 Å². The number of halogens is 1. The molecule has 0 aliphatic heterocycles. The fourth-order valence-corrected chi connectivity index (χ4v) is 4.02. The van der Waals surface area contributed by atoms with Crippen molar-refractivity contribution >= 4 is 39.3 Å². The maximum atomic E-state index is 12.8. The van der Waals surface area contributed by atoms with Gasteiger partial charge in [0.2, 0.25) is 5.91 Å². The van der Waals surface area contributed by atoms with Crippen LogP contribution in [-0.2, 0) is 17.3 Å². The highest BCUT2D eigenvalue weighted by Gasteiger charge is 2.51. The Kier molecular flexibility index (Phi) is 4.63. The average Bonchev–Trinajstić information content (AvgIpc) is 3.36. The summed E-state index contributed by atoms with van der Waals surface area (Å²) in [6.07, 6.45) is 5.50. The molecule has 1 heterocycles. The van der Waals surface area contributed by atoms with E-state index in [4.69, 9.17) is 0 Å². The summed E-state index contributed by atoms with van der Waals surface area (Å²) in [5.74, 6) is 0.0735. The zero-order chi connectivity index (χ0) is 18.1. The molecular formula is C20H18BrN3OS. The Morgan fingerprint density at radius 3 is 2.42 bits per heavy atom. The zero-order valence-corrected chi connectivity index (χ0v) is 16.7. The van der Waals surface area contributed by atoms with Crippen LogP contribution in [0.4, 0.5) is 5.69 Å². The number of hydrogen-bond acceptors (Lipinski definition) is 3. The van der Waals surface area contributed by atoms with Crippen LogP contribution in [0.5, 0.6) is 0 Å². The predicted molar refractivity (Wildman–Crippen MR) is 107 cm³/mol. The van der Waals surface area contributed by atoms with Crippen molar-refractivity contribution in [3.05, 3.63) is 71.0 Å². The van der Waals surface area contributed by atoms with Gasteiger partial charge in [0.25, 0.3) is 0 Å². The minimum absolute atomic E-state index is 0.0735. The smallest absolute Gasteiger partial charge is 0.235 e. The number of rotatable bonds is 5. The van der Waals surface area contributed by atoms with Crippen molar-refractivity contribution in [1.29, 1.82) is 0 Å². The Morgan fingerprint density at radius 1 is 1.15 bits per heavy atom. The number of aromatic nitrogens is 2. The molecule has 6 heteroatoms. The van der Waals surface area contributed by atoms with Crippen LogP contribution in [0.15, 0.2) is 75.4 Å². The van der Waals surface area contributed by atoms with Crippen molar-refractivity contribution in [2.45, 2.75) is 28.3 Å². The number of carbonyl (C=O) groups excluding carboxylic acids is 1. The lowest BCUT2D eigenvalue weighted by Gasteiger charge is -2.16. The predicted octanol–water partition coefficient (Wildman–Crippen LogP) is 5.00. The normalized spacial score (nSPS) is 14.8. The molecular weight excluding hydrogens is 410 g/mol. The van der Waals surface area contributed by atoms with E-state index in [0.717, 1.165) is 38.6 Å². The first-order valence-electron chi connectivity index (χ1n) is 8.40. The number of nitrogens with zero attached hydrogens (tertiary/aromatic N) is 2. The fraction of sp³-hybridized carbons (Fsp3) is 0.200. The van der Waals surface area contributed by atoms with Gasteiger partial charge in [-0.15, -0.1) is 0 Å². The molecule has 4 rings (SSSR count). The van der Waals surface area contributed by atoms with Gasteiger partial charge < -0.3 is 9.88 Å².